The van der Waals surface area contributed by atoms with Crippen molar-refractivity contribution in [3.63, 3.8) is 0 Å². The molecule has 1 aliphatic heterocycles. The third kappa shape index (κ3) is 4.70. The maximum atomic E-state index is 12.4. The molecule has 7 nitrogen and oxygen atoms in total. The fourth-order valence-electron chi connectivity index (χ4n) is 2.04. The van der Waals surface area contributed by atoms with E-state index >= 15 is 0 Å². The molecule has 0 atom stereocenters. The smallest absolute Gasteiger partial charge is 0.401 e. The highest BCUT2D eigenvalue weighted by atomic mass is 35.5. The highest BCUT2D eigenvalue weighted by Gasteiger charge is 2.31. The van der Waals surface area contributed by atoms with Gasteiger partial charge in [0.05, 0.1) is 11.0 Å². The van der Waals surface area contributed by atoms with Crippen molar-refractivity contribution in [1.82, 2.24) is 5.01 Å². The van der Waals surface area contributed by atoms with Gasteiger partial charge < -0.3 is 4.42 Å². The van der Waals surface area contributed by atoms with Crippen LogP contribution >= 0.6 is 35.6 Å². The second-order valence-electron chi connectivity index (χ2n) is 5.10. The number of benzene rings is 1. The van der Waals surface area contributed by atoms with Gasteiger partial charge in [-0.25, -0.2) is 0 Å². The van der Waals surface area contributed by atoms with E-state index in [0.717, 1.165) is 22.3 Å². The summed E-state index contributed by atoms with van der Waals surface area (Å²) in [6, 6.07) is 9.76. The lowest BCUT2D eigenvalue weighted by molar-refractivity contribution is -0.402. The Morgan fingerprint density at radius 2 is 2.00 bits per heavy atom. The van der Waals surface area contributed by atoms with Crippen LogP contribution in [0.1, 0.15) is 11.3 Å². The lowest BCUT2D eigenvalue weighted by atomic mass is 10.2. The number of hydrogen-bond acceptors (Lipinski definition) is 7. The number of carbonyl (C=O) groups excluding carboxylic acids is 1. The monoisotopic (exact) mass is 419 g/mol. The van der Waals surface area contributed by atoms with Gasteiger partial charge in [-0.15, -0.1) is 0 Å². The van der Waals surface area contributed by atoms with E-state index < -0.39 is 4.92 Å². The summed E-state index contributed by atoms with van der Waals surface area (Å²) in [4.78, 5) is 22.8. The summed E-state index contributed by atoms with van der Waals surface area (Å²) in [6.07, 6.45) is 6.04. The minimum Gasteiger partial charge on any atom is -0.401 e. The van der Waals surface area contributed by atoms with Crippen molar-refractivity contribution < 1.29 is 14.1 Å². The van der Waals surface area contributed by atoms with Crippen LogP contribution in [0.3, 0.4) is 0 Å². The molecule has 0 bridgehead atoms. The highest BCUT2D eigenvalue weighted by molar-refractivity contribution is 8.26. The third-order valence-corrected chi connectivity index (χ3v) is 4.80. The SMILES string of the molecule is O=C1/C(=C\c2ccc(Cl)cc2)SC(=S)N1/N=C/C=C/c1ccc([N+](=O)[O-])o1. The zero-order chi connectivity index (χ0) is 19.4. The molecule has 2 heterocycles. The molecule has 1 amide bonds. The molecule has 0 aliphatic carbocycles. The van der Waals surface area contributed by atoms with Gasteiger partial charge in [-0.05, 0) is 54.2 Å². The minimum absolute atomic E-state index is 0.293. The van der Waals surface area contributed by atoms with E-state index in [9.17, 15) is 14.9 Å². The average molecular weight is 420 g/mol. The van der Waals surface area contributed by atoms with Crippen LogP contribution in [0.2, 0.25) is 5.02 Å². The predicted octanol–water partition coefficient (Wildman–Crippen LogP) is 4.74. The Bertz CT molecular complexity index is 996. The molecule has 3 rings (SSSR count). The van der Waals surface area contributed by atoms with Gasteiger partial charge in [-0.3, -0.25) is 14.9 Å². The van der Waals surface area contributed by atoms with Gasteiger partial charge in [0, 0.05) is 11.2 Å². The number of rotatable bonds is 5. The summed E-state index contributed by atoms with van der Waals surface area (Å²) in [6.45, 7) is 0. The maximum Gasteiger partial charge on any atom is 0.433 e. The van der Waals surface area contributed by atoms with E-state index in [4.69, 9.17) is 28.2 Å². The first-order chi connectivity index (χ1) is 12.9. The second kappa shape index (κ2) is 8.30. The topological polar surface area (TPSA) is 89.0 Å². The van der Waals surface area contributed by atoms with Gasteiger partial charge in [-0.1, -0.05) is 35.5 Å². The number of nitro groups is 1. The largest absolute Gasteiger partial charge is 0.433 e. The zero-order valence-corrected chi connectivity index (χ0v) is 15.8. The van der Waals surface area contributed by atoms with Gasteiger partial charge in [0.15, 0.2) is 4.32 Å². The quantitative estimate of drug-likeness (QED) is 0.228. The Hall–Kier alpha value is -2.75. The fourth-order valence-corrected chi connectivity index (χ4v) is 3.34. The minimum atomic E-state index is -0.626. The van der Waals surface area contributed by atoms with Crippen LogP contribution in [0.4, 0.5) is 5.88 Å². The van der Waals surface area contributed by atoms with Crippen molar-refractivity contribution in [2.45, 2.75) is 0 Å². The standard InChI is InChI=1S/C17H10ClN3O4S2/c18-12-5-3-11(4-6-12)10-14-16(22)20(17(26)27-14)19-9-1-2-13-7-8-15(25-13)21(23)24/h1-10H/b2-1+,14-10+,19-9+. The van der Waals surface area contributed by atoms with Crippen molar-refractivity contribution in [2.75, 3.05) is 0 Å². The van der Waals surface area contributed by atoms with Crippen molar-refractivity contribution in [1.29, 1.82) is 0 Å². The zero-order valence-electron chi connectivity index (χ0n) is 13.4. The molecule has 1 aromatic carbocycles. The molecule has 1 aliphatic rings. The van der Waals surface area contributed by atoms with E-state index in [1.807, 2.05) is 0 Å². The second-order valence-corrected chi connectivity index (χ2v) is 7.21. The van der Waals surface area contributed by atoms with Gasteiger partial charge in [0.25, 0.3) is 5.91 Å². The summed E-state index contributed by atoms with van der Waals surface area (Å²) in [7, 11) is 0. The Labute approximate surface area is 168 Å². The van der Waals surface area contributed by atoms with Crippen molar-refractivity contribution >= 4 is 70.1 Å². The van der Waals surface area contributed by atoms with Crippen molar-refractivity contribution in [2.24, 2.45) is 5.10 Å². The molecule has 0 spiro atoms. The number of amides is 1. The molecular formula is C17H10ClN3O4S2. The van der Waals surface area contributed by atoms with Gasteiger partial charge in [0.2, 0.25) is 0 Å². The molecule has 0 radical (unpaired) electrons. The van der Waals surface area contributed by atoms with Crippen LogP contribution in [0.25, 0.3) is 12.2 Å². The normalized spacial score (nSPS) is 16.3. The molecule has 10 heteroatoms. The first-order valence-electron chi connectivity index (χ1n) is 7.42. The van der Waals surface area contributed by atoms with Gasteiger partial charge in [-0.2, -0.15) is 10.1 Å². The molecule has 2 aromatic rings. The van der Waals surface area contributed by atoms with E-state index in [1.165, 1.54) is 30.5 Å². The van der Waals surface area contributed by atoms with Crippen LogP contribution in [-0.2, 0) is 4.79 Å². The van der Waals surface area contributed by atoms with E-state index in [-0.39, 0.29) is 11.8 Å². The van der Waals surface area contributed by atoms with Crippen LogP contribution in [0.5, 0.6) is 0 Å². The van der Waals surface area contributed by atoms with E-state index in [1.54, 1.807) is 30.3 Å². The summed E-state index contributed by atoms with van der Waals surface area (Å²) in [5.41, 5.74) is 0.822. The first-order valence-corrected chi connectivity index (χ1v) is 9.03. The highest BCUT2D eigenvalue weighted by Crippen LogP contribution is 2.32. The Morgan fingerprint density at radius 3 is 2.67 bits per heavy atom. The summed E-state index contributed by atoms with van der Waals surface area (Å²) in [5.74, 6) is -0.393. The number of furan rings is 1. The molecule has 0 saturated carbocycles. The first kappa shape index (κ1) is 19.0. The summed E-state index contributed by atoms with van der Waals surface area (Å²) < 4.78 is 5.28. The summed E-state index contributed by atoms with van der Waals surface area (Å²) in [5, 5.41) is 16.3. The number of thiocarbonyl (C=S) groups is 1. The van der Waals surface area contributed by atoms with Crippen LogP contribution in [0.15, 0.2) is 56.9 Å². The van der Waals surface area contributed by atoms with E-state index in [2.05, 4.69) is 5.10 Å². The number of hydrogen-bond donors (Lipinski definition) is 0. The molecule has 1 aromatic heterocycles. The maximum absolute atomic E-state index is 12.4. The molecular weight excluding hydrogens is 410 g/mol. The molecule has 1 saturated heterocycles. The lowest BCUT2D eigenvalue weighted by Crippen LogP contribution is -2.21. The number of nitrogens with zero attached hydrogens (tertiary/aromatic N) is 3. The molecule has 136 valence electrons. The number of carbonyl (C=O) groups is 1. The van der Waals surface area contributed by atoms with Crippen LogP contribution in [0, 0.1) is 10.1 Å². The Morgan fingerprint density at radius 1 is 1.26 bits per heavy atom. The van der Waals surface area contributed by atoms with Crippen molar-refractivity contribution in [3.05, 3.63) is 73.8 Å². The third-order valence-electron chi connectivity index (χ3n) is 3.26. The van der Waals surface area contributed by atoms with Crippen LogP contribution in [-0.4, -0.2) is 26.4 Å². The number of thioether (sulfide) groups is 1. The van der Waals surface area contributed by atoms with E-state index in [0.29, 0.717) is 20.0 Å². The lowest BCUT2D eigenvalue weighted by Gasteiger charge is -2.04. The summed E-state index contributed by atoms with van der Waals surface area (Å²) >= 11 is 12.2. The molecule has 0 unspecified atom stereocenters. The van der Waals surface area contributed by atoms with Crippen LogP contribution < -0.4 is 0 Å². The van der Waals surface area contributed by atoms with Gasteiger partial charge in [0.1, 0.15) is 10.7 Å². The fraction of sp³-hybridized carbons (Fsp3) is 0. The number of halogens is 1. The molecule has 1 fully saturated rings. The Balaban J connectivity index is 1.67. The van der Waals surface area contributed by atoms with Gasteiger partial charge >= 0.3 is 5.88 Å². The average Bonchev–Trinajstić information content (AvgIpc) is 3.20. The van der Waals surface area contributed by atoms with Crippen molar-refractivity contribution in [3.8, 4) is 0 Å². The molecule has 0 N–H and O–H groups in total. The number of allylic oxidation sites excluding steroid dienone is 1. The molecule has 27 heavy (non-hydrogen) atoms. The predicted molar refractivity (Wildman–Crippen MR) is 109 cm³/mol. The Kier molecular flexibility index (Phi) is 5.84. The number of hydrazone groups is 1.